The van der Waals surface area contributed by atoms with Gasteiger partial charge in [-0.15, -0.1) is 0 Å². The van der Waals surface area contributed by atoms with E-state index in [1.54, 1.807) is 6.07 Å². The van der Waals surface area contributed by atoms with Crippen LogP contribution in [0.4, 0.5) is 11.4 Å². The highest BCUT2D eigenvalue weighted by atomic mass is 32.2. The number of nitro groups is 1. The highest BCUT2D eigenvalue weighted by Gasteiger charge is 2.32. The summed E-state index contributed by atoms with van der Waals surface area (Å²) in [6.45, 7) is 6.93. The first-order valence-electron chi connectivity index (χ1n) is 8.82. The summed E-state index contributed by atoms with van der Waals surface area (Å²) in [5.41, 5.74) is 0.408. The number of benzene rings is 1. The van der Waals surface area contributed by atoms with Crippen LogP contribution in [0.1, 0.15) is 26.7 Å². The molecule has 26 heavy (non-hydrogen) atoms. The molecule has 144 valence electrons. The van der Waals surface area contributed by atoms with E-state index in [2.05, 4.69) is 13.8 Å². The fraction of sp³-hybridized carbons (Fsp3) is 0.647. The van der Waals surface area contributed by atoms with Crippen molar-refractivity contribution in [1.82, 2.24) is 4.31 Å². The van der Waals surface area contributed by atoms with Gasteiger partial charge in [0.15, 0.2) is 0 Å². The highest BCUT2D eigenvalue weighted by Crippen LogP contribution is 2.37. The molecule has 2 fully saturated rings. The molecule has 9 heteroatoms. The molecule has 0 N–H and O–H groups in total. The van der Waals surface area contributed by atoms with Crippen molar-refractivity contribution in [2.75, 3.05) is 44.3 Å². The molecule has 2 aliphatic rings. The lowest BCUT2D eigenvalue weighted by molar-refractivity contribution is -0.384. The maximum Gasteiger partial charge on any atom is 0.293 e. The molecular formula is C17H25N3O5S. The molecule has 0 saturated carbocycles. The SMILES string of the molecule is CC1(C)CCCN(c2ccc(S(=O)(=O)N3CCOCC3)cc2[N+](=O)[O-])C1. The number of nitro benzene ring substituents is 1. The van der Waals surface area contributed by atoms with Gasteiger partial charge >= 0.3 is 0 Å². The van der Waals surface area contributed by atoms with Crippen molar-refractivity contribution in [1.29, 1.82) is 0 Å². The molecule has 0 unspecified atom stereocenters. The third-order valence-corrected chi connectivity index (χ3v) is 6.89. The van der Waals surface area contributed by atoms with Gasteiger partial charge in [-0.2, -0.15) is 4.31 Å². The molecule has 2 aliphatic heterocycles. The van der Waals surface area contributed by atoms with E-state index in [1.807, 2.05) is 4.90 Å². The number of rotatable bonds is 4. The summed E-state index contributed by atoms with van der Waals surface area (Å²) >= 11 is 0. The largest absolute Gasteiger partial charge is 0.379 e. The fourth-order valence-corrected chi connectivity index (χ4v) is 5.07. The Balaban J connectivity index is 1.95. The second-order valence-corrected chi connectivity index (χ2v) is 9.55. The molecule has 8 nitrogen and oxygen atoms in total. The van der Waals surface area contributed by atoms with Crippen molar-refractivity contribution in [3.63, 3.8) is 0 Å². The molecule has 2 saturated heterocycles. The van der Waals surface area contributed by atoms with E-state index in [-0.39, 0.29) is 29.1 Å². The molecule has 0 amide bonds. The van der Waals surface area contributed by atoms with Crippen molar-refractivity contribution >= 4 is 21.4 Å². The van der Waals surface area contributed by atoms with Crippen LogP contribution in [0.15, 0.2) is 23.1 Å². The molecular weight excluding hydrogens is 358 g/mol. The average molecular weight is 383 g/mol. The van der Waals surface area contributed by atoms with Gasteiger partial charge in [-0.1, -0.05) is 13.8 Å². The summed E-state index contributed by atoms with van der Waals surface area (Å²) in [7, 11) is -3.76. The minimum atomic E-state index is -3.76. The van der Waals surface area contributed by atoms with Crippen molar-refractivity contribution in [3.8, 4) is 0 Å². The van der Waals surface area contributed by atoms with E-state index in [4.69, 9.17) is 4.74 Å². The Labute approximate surface area is 153 Å². The number of morpholine rings is 1. The fourth-order valence-electron chi connectivity index (χ4n) is 3.64. The van der Waals surface area contributed by atoms with Crippen LogP contribution in [0.3, 0.4) is 0 Å². The molecule has 0 atom stereocenters. The molecule has 1 aromatic carbocycles. The first kappa shape index (κ1) is 19.1. The normalized spacial score (nSPS) is 21.5. The van der Waals surface area contributed by atoms with E-state index in [1.165, 1.54) is 16.4 Å². The Morgan fingerprint density at radius 1 is 1.19 bits per heavy atom. The van der Waals surface area contributed by atoms with E-state index in [0.29, 0.717) is 25.4 Å². The first-order chi connectivity index (χ1) is 12.2. The third-order valence-electron chi connectivity index (χ3n) is 4.99. The number of hydrogen-bond donors (Lipinski definition) is 0. The standard InChI is InChI=1S/C17H25N3O5S/c1-17(2)6-3-7-18(13-17)15-5-4-14(12-16(15)20(21)22)26(23,24)19-8-10-25-11-9-19/h4-5,12H,3,6-11,13H2,1-2H3. The Morgan fingerprint density at radius 2 is 1.88 bits per heavy atom. The van der Waals surface area contributed by atoms with E-state index in [9.17, 15) is 18.5 Å². The quantitative estimate of drug-likeness (QED) is 0.585. The predicted octanol–water partition coefficient (Wildman–Crippen LogP) is 2.24. The summed E-state index contributed by atoms with van der Waals surface area (Å²) in [5.74, 6) is 0. The number of piperidine rings is 1. The topological polar surface area (TPSA) is 93.0 Å². The number of sulfonamides is 1. The van der Waals surface area contributed by atoms with Crippen LogP contribution in [0.2, 0.25) is 0 Å². The molecule has 0 aliphatic carbocycles. The Morgan fingerprint density at radius 3 is 2.50 bits per heavy atom. The smallest absolute Gasteiger partial charge is 0.293 e. The van der Waals surface area contributed by atoms with Gasteiger partial charge in [0.25, 0.3) is 5.69 Å². The third kappa shape index (κ3) is 3.84. The molecule has 3 rings (SSSR count). The maximum atomic E-state index is 12.8. The van der Waals surface area contributed by atoms with Crippen LogP contribution < -0.4 is 4.90 Å². The lowest BCUT2D eigenvalue weighted by Crippen LogP contribution is -2.41. The summed E-state index contributed by atoms with van der Waals surface area (Å²) in [5, 5.41) is 11.6. The van der Waals surface area contributed by atoms with E-state index < -0.39 is 14.9 Å². The summed E-state index contributed by atoms with van der Waals surface area (Å²) in [6, 6.07) is 4.25. The van der Waals surface area contributed by atoms with Gasteiger partial charge in [0.2, 0.25) is 10.0 Å². The van der Waals surface area contributed by atoms with Crippen molar-refractivity contribution in [3.05, 3.63) is 28.3 Å². The minimum Gasteiger partial charge on any atom is -0.379 e. The van der Waals surface area contributed by atoms with E-state index in [0.717, 1.165) is 19.4 Å². The monoisotopic (exact) mass is 383 g/mol. The summed E-state index contributed by atoms with van der Waals surface area (Å²) in [6.07, 6.45) is 2.03. The zero-order valence-corrected chi connectivity index (χ0v) is 16.0. The summed E-state index contributed by atoms with van der Waals surface area (Å²) in [4.78, 5) is 13.1. The zero-order valence-electron chi connectivity index (χ0n) is 15.2. The number of nitrogens with zero attached hydrogens (tertiary/aromatic N) is 3. The van der Waals surface area contributed by atoms with Gasteiger partial charge in [0.1, 0.15) is 5.69 Å². The average Bonchev–Trinajstić information content (AvgIpc) is 2.61. The molecule has 0 bridgehead atoms. The highest BCUT2D eigenvalue weighted by molar-refractivity contribution is 7.89. The number of anilines is 1. The predicted molar refractivity (Wildman–Crippen MR) is 97.9 cm³/mol. The van der Waals surface area contributed by atoms with Crippen LogP contribution in [-0.4, -0.2) is 57.0 Å². The van der Waals surface area contributed by atoms with E-state index >= 15 is 0 Å². The van der Waals surface area contributed by atoms with Crippen LogP contribution in [0.5, 0.6) is 0 Å². The van der Waals surface area contributed by atoms with Gasteiger partial charge in [-0.05, 0) is 30.4 Å². The Hall–Kier alpha value is -1.71. The van der Waals surface area contributed by atoms with Crippen LogP contribution in [-0.2, 0) is 14.8 Å². The minimum absolute atomic E-state index is 0.0360. The van der Waals surface area contributed by atoms with Crippen molar-refractivity contribution < 1.29 is 18.1 Å². The van der Waals surface area contributed by atoms with Crippen LogP contribution in [0, 0.1) is 15.5 Å². The first-order valence-corrected chi connectivity index (χ1v) is 10.3. The lowest BCUT2D eigenvalue weighted by Gasteiger charge is -2.39. The Bertz CT molecular complexity index is 788. The second kappa shape index (κ2) is 7.13. The van der Waals surface area contributed by atoms with Gasteiger partial charge in [0, 0.05) is 32.2 Å². The Kier molecular flexibility index (Phi) is 5.23. The lowest BCUT2D eigenvalue weighted by atomic mass is 9.84. The van der Waals surface area contributed by atoms with Gasteiger partial charge in [-0.3, -0.25) is 10.1 Å². The van der Waals surface area contributed by atoms with Gasteiger partial charge in [-0.25, -0.2) is 8.42 Å². The number of hydrogen-bond acceptors (Lipinski definition) is 6. The van der Waals surface area contributed by atoms with Gasteiger partial charge in [0.05, 0.1) is 23.0 Å². The molecule has 2 heterocycles. The van der Waals surface area contributed by atoms with Crippen molar-refractivity contribution in [2.45, 2.75) is 31.6 Å². The maximum absolute atomic E-state index is 12.8. The molecule has 0 aromatic heterocycles. The van der Waals surface area contributed by atoms with Gasteiger partial charge < -0.3 is 9.64 Å². The molecule has 0 spiro atoms. The summed E-state index contributed by atoms with van der Waals surface area (Å²) < 4.78 is 32.1. The van der Waals surface area contributed by atoms with Crippen molar-refractivity contribution in [2.24, 2.45) is 5.41 Å². The van der Waals surface area contributed by atoms with Crippen LogP contribution in [0.25, 0.3) is 0 Å². The second-order valence-electron chi connectivity index (χ2n) is 7.61. The zero-order chi connectivity index (χ0) is 18.9. The number of ether oxygens (including phenoxy) is 1. The molecule has 1 aromatic rings. The molecule has 0 radical (unpaired) electrons. The van der Waals surface area contributed by atoms with Crippen LogP contribution >= 0.6 is 0 Å².